The molecule has 0 aromatic heterocycles. The van der Waals surface area contributed by atoms with Crippen molar-refractivity contribution in [3.05, 3.63) is 35.9 Å². The fourth-order valence-electron chi connectivity index (χ4n) is 3.35. The molecule has 1 aromatic rings. The van der Waals surface area contributed by atoms with Gasteiger partial charge < -0.3 is 20.1 Å². The Balaban J connectivity index is 2.03. The Bertz CT molecular complexity index is 558. The smallest absolute Gasteiger partial charge is 0.328 e. The minimum absolute atomic E-state index is 0.163. The standard InChI is InChI=1S/C19H28N2O4/c1-13(17(24-2)15-10-7-11-20-15)18(22)21-16(19(23)25-3)12-14-8-5-4-6-9-14/h4-6,8-9,13,15-17,20H,7,10-12H2,1-3H3,(H,21,22)/t13-,15+,16+,17-/m1/s1. The zero-order valence-corrected chi connectivity index (χ0v) is 15.2. The fourth-order valence-corrected chi connectivity index (χ4v) is 3.35. The van der Waals surface area contributed by atoms with Gasteiger partial charge in [-0.3, -0.25) is 4.79 Å². The third-order valence-electron chi connectivity index (χ3n) is 4.76. The van der Waals surface area contributed by atoms with Crippen molar-refractivity contribution in [2.45, 2.75) is 44.4 Å². The van der Waals surface area contributed by atoms with Crippen LogP contribution < -0.4 is 10.6 Å². The lowest BCUT2D eigenvalue weighted by Gasteiger charge is -2.28. The zero-order valence-electron chi connectivity index (χ0n) is 15.2. The molecule has 1 aromatic carbocycles. The number of carbonyl (C=O) groups is 2. The molecule has 6 nitrogen and oxygen atoms in total. The molecule has 6 heteroatoms. The van der Waals surface area contributed by atoms with Crippen LogP contribution in [-0.2, 0) is 25.5 Å². The number of hydrogen-bond acceptors (Lipinski definition) is 5. The number of nitrogens with one attached hydrogen (secondary N) is 2. The van der Waals surface area contributed by atoms with E-state index in [4.69, 9.17) is 9.47 Å². The second-order valence-corrected chi connectivity index (χ2v) is 6.47. The van der Waals surface area contributed by atoms with E-state index >= 15 is 0 Å². The molecule has 0 unspecified atom stereocenters. The molecule has 1 amide bonds. The van der Waals surface area contributed by atoms with Crippen molar-refractivity contribution < 1.29 is 19.1 Å². The summed E-state index contributed by atoms with van der Waals surface area (Å²) >= 11 is 0. The van der Waals surface area contributed by atoms with Crippen molar-refractivity contribution >= 4 is 11.9 Å². The van der Waals surface area contributed by atoms with E-state index in [1.807, 2.05) is 37.3 Å². The number of esters is 1. The van der Waals surface area contributed by atoms with Crippen LogP contribution >= 0.6 is 0 Å². The van der Waals surface area contributed by atoms with Crippen LogP contribution in [0.4, 0.5) is 0 Å². The van der Waals surface area contributed by atoms with Crippen molar-refractivity contribution in [3.8, 4) is 0 Å². The lowest BCUT2D eigenvalue weighted by molar-refractivity contribution is -0.146. The number of methoxy groups -OCH3 is 2. The van der Waals surface area contributed by atoms with Crippen molar-refractivity contribution in [2.75, 3.05) is 20.8 Å². The minimum Gasteiger partial charge on any atom is -0.467 e. The zero-order chi connectivity index (χ0) is 18.2. The third-order valence-corrected chi connectivity index (χ3v) is 4.76. The topological polar surface area (TPSA) is 76.7 Å². The minimum atomic E-state index is -0.712. The Morgan fingerprint density at radius 2 is 2.00 bits per heavy atom. The summed E-state index contributed by atoms with van der Waals surface area (Å²) < 4.78 is 10.4. The van der Waals surface area contributed by atoms with Gasteiger partial charge in [0, 0.05) is 19.6 Å². The molecule has 0 aliphatic carbocycles. The fraction of sp³-hybridized carbons (Fsp3) is 0.579. The summed E-state index contributed by atoms with van der Waals surface area (Å²) in [5.74, 6) is -1.02. The summed E-state index contributed by atoms with van der Waals surface area (Å²) in [6.07, 6.45) is 2.24. The van der Waals surface area contributed by atoms with Crippen LogP contribution in [0.15, 0.2) is 30.3 Å². The van der Waals surface area contributed by atoms with Gasteiger partial charge in [-0.2, -0.15) is 0 Å². The van der Waals surface area contributed by atoms with Crippen molar-refractivity contribution in [3.63, 3.8) is 0 Å². The first-order chi connectivity index (χ1) is 12.1. The molecule has 1 aliphatic heterocycles. The van der Waals surface area contributed by atoms with Gasteiger partial charge >= 0.3 is 5.97 Å². The average Bonchev–Trinajstić information content (AvgIpc) is 3.16. The Morgan fingerprint density at radius 3 is 2.56 bits per heavy atom. The monoisotopic (exact) mass is 348 g/mol. The lowest BCUT2D eigenvalue weighted by atomic mass is 9.95. The number of hydrogen-bond donors (Lipinski definition) is 2. The number of benzene rings is 1. The van der Waals surface area contributed by atoms with Crippen LogP contribution in [-0.4, -0.2) is 50.8 Å². The van der Waals surface area contributed by atoms with E-state index in [2.05, 4.69) is 10.6 Å². The Morgan fingerprint density at radius 1 is 1.28 bits per heavy atom. The highest BCUT2D eigenvalue weighted by Crippen LogP contribution is 2.19. The number of ether oxygens (including phenoxy) is 2. The Labute approximate surface area is 149 Å². The van der Waals surface area contributed by atoms with Crippen LogP contribution in [0.5, 0.6) is 0 Å². The van der Waals surface area contributed by atoms with Gasteiger partial charge in [0.2, 0.25) is 5.91 Å². The maximum atomic E-state index is 12.7. The molecule has 1 aliphatic rings. The summed E-state index contributed by atoms with van der Waals surface area (Å²) in [5, 5.41) is 6.21. The summed E-state index contributed by atoms with van der Waals surface area (Å²) in [4.78, 5) is 24.8. The predicted octanol–water partition coefficient (Wildman–Crippen LogP) is 1.29. The average molecular weight is 348 g/mol. The van der Waals surface area contributed by atoms with Crippen LogP contribution in [0, 0.1) is 5.92 Å². The second-order valence-electron chi connectivity index (χ2n) is 6.47. The number of carbonyl (C=O) groups excluding carboxylic acids is 2. The van der Waals surface area contributed by atoms with E-state index < -0.39 is 12.0 Å². The first-order valence-electron chi connectivity index (χ1n) is 8.75. The van der Waals surface area contributed by atoms with E-state index in [0.717, 1.165) is 24.9 Å². The first-order valence-corrected chi connectivity index (χ1v) is 8.75. The van der Waals surface area contributed by atoms with Gasteiger partial charge in [0.25, 0.3) is 0 Å². The molecule has 0 bridgehead atoms. The molecular formula is C19H28N2O4. The van der Waals surface area contributed by atoms with Crippen molar-refractivity contribution in [2.24, 2.45) is 5.92 Å². The van der Waals surface area contributed by atoms with E-state index in [1.54, 1.807) is 7.11 Å². The van der Waals surface area contributed by atoms with E-state index in [0.29, 0.717) is 6.42 Å². The highest BCUT2D eigenvalue weighted by Gasteiger charge is 2.34. The molecule has 1 fully saturated rings. The van der Waals surface area contributed by atoms with Gasteiger partial charge in [0.05, 0.1) is 19.1 Å². The van der Waals surface area contributed by atoms with E-state index in [9.17, 15) is 9.59 Å². The molecule has 2 rings (SSSR count). The maximum Gasteiger partial charge on any atom is 0.328 e. The molecule has 1 saturated heterocycles. The lowest BCUT2D eigenvalue weighted by Crippen LogP contribution is -2.50. The predicted molar refractivity (Wildman–Crippen MR) is 95.1 cm³/mol. The van der Waals surface area contributed by atoms with Crippen molar-refractivity contribution in [1.29, 1.82) is 0 Å². The summed E-state index contributed by atoms with van der Waals surface area (Å²) in [5.41, 5.74) is 0.964. The number of amides is 1. The van der Waals surface area contributed by atoms with Gasteiger partial charge in [-0.15, -0.1) is 0 Å². The van der Waals surface area contributed by atoms with Gasteiger partial charge in [-0.1, -0.05) is 37.3 Å². The van der Waals surface area contributed by atoms with E-state index in [1.165, 1.54) is 7.11 Å². The molecule has 2 N–H and O–H groups in total. The van der Waals surface area contributed by atoms with Gasteiger partial charge in [0.15, 0.2) is 0 Å². The van der Waals surface area contributed by atoms with Crippen LogP contribution in [0.2, 0.25) is 0 Å². The molecule has 25 heavy (non-hydrogen) atoms. The SMILES string of the molecule is COC(=O)[C@H](Cc1ccccc1)NC(=O)[C@H](C)[C@@H](OC)[C@@H]1CCCN1. The third kappa shape index (κ3) is 5.28. The molecular weight excluding hydrogens is 320 g/mol. The van der Waals surface area contributed by atoms with Gasteiger partial charge in [0.1, 0.15) is 6.04 Å². The normalized spacial score (nSPS) is 20.5. The molecule has 4 atom stereocenters. The quantitative estimate of drug-likeness (QED) is 0.693. The van der Waals surface area contributed by atoms with E-state index in [-0.39, 0.29) is 24.0 Å². The molecule has 138 valence electrons. The highest BCUT2D eigenvalue weighted by atomic mass is 16.5. The Hall–Kier alpha value is -1.92. The molecule has 0 saturated carbocycles. The highest BCUT2D eigenvalue weighted by molar-refractivity contribution is 5.86. The van der Waals surface area contributed by atoms with Crippen molar-refractivity contribution in [1.82, 2.24) is 10.6 Å². The second kappa shape index (κ2) is 9.53. The van der Waals surface area contributed by atoms with Gasteiger partial charge in [-0.25, -0.2) is 4.79 Å². The first kappa shape index (κ1) is 19.4. The van der Waals surface area contributed by atoms with Crippen LogP contribution in [0.1, 0.15) is 25.3 Å². The summed E-state index contributed by atoms with van der Waals surface area (Å²) in [7, 11) is 2.95. The summed E-state index contributed by atoms with van der Waals surface area (Å²) in [6, 6.07) is 9.02. The van der Waals surface area contributed by atoms with Crippen LogP contribution in [0.3, 0.4) is 0 Å². The van der Waals surface area contributed by atoms with Gasteiger partial charge in [-0.05, 0) is 24.9 Å². The summed E-state index contributed by atoms with van der Waals surface area (Å²) in [6.45, 7) is 2.78. The number of rotatable bonds is 8. The maximum absolute atomic E-state index is 12.7. The molecule has 0 spiro atoms. The largest absolute Gasteiger partial charge is 0.467 e. The van der Waals surface area contributed by atoms with Crippen LogP contribution in [0.25, 0.3) is 0 Å². The Kier molecular flexibility index (Phi) is 7.40. The molecule has 1 heterocycles. The molecule has 0 radical (unpaired) electrons.